The quantitative estimate of drug-likeness (QED) is 0.927. The first-order valence-corrected chi connectivity index (χ1v) is 7.23. The van der Waals surface area contributed by atoms with Gasteiger partial charge in [0.2, 0.25) is 0 Å². The summed E-state index contributed by atoms with van der Waals surface area (Å²) in [6, 6.07) is 1.50. The van der Waals surface area contributed by atoms with Gasteiger partial charge >= 0.3 is 0 Å². The van der Waals surface area contributed by atoms with E-state index in [4.69, 9.17) is 4.74 Å². The fourth-order valence-electron chi connectivity index (χ4n) is 2.75. The van der Waals surface area contributed by atoms with Gasteiger partial charge in [-0.05, 0) is 19.9 Å². The molecule has 2 atom stereocenters. The van der Waals surface area contributed by atoms with Crippen LogP contribution in [0.15, 0.2) is 18.6 Å². The van der Waals surface area contributed by atoms with Gasteiger partial charge in [0.25, 0.3) is 5.91 Å². The Morgan fingerprint density at radius 1 is 1.45 bits per heavy atom. The zero-order valence-electron chi connectivity index (χ0n) is 12.9. The van der Waals surface area contributed by atoms with Crippen LogP contribution >= 0.6 is 0 Å². The summed E-state index contributed by atoms with van der Waals surface area (Å²) in [7, 11) is 1.67. The summed E-state index contributed by atoms with van der Waals surface area (Å²) < 4.78 is 5.45. The lowest BCUT2D eigenvalue weighted by Gasteiger charge is -2.22. The lowest BCUT2D eigenvalue weighted by atomic mass is 10.2. The van der Waals surface area contributed by atoms with E-state index in [-0.39, 0.29) is 18.1 Å². The van der Waals surface area contributed by atoms with Crippen molar-refractivity contribution in [1.29, 1.82) is 0 Å². The Bertz CT molecular complexity index is 650. The van der Waals surface area contributed by atoms with Crippen molar-refractivity contribution in [2.45, 2.75) is 32.4 Å². The number of nitrogens with zero attached hydrogens (tertiary/aromatic N) is 4. The van der Waals surface area contributed by atoms with Crippen molar-refractivity contribution in [3.8, 4) is 0 Å². The number of hydrogen-bond acceptors (Lipinski definition) is 5. The molecule has 1 aliphatic heterocycles. The number of aromatic nitrogens is 4. The average Bonchev–Trinajstić information content (AvgIpc) is 3.11. The SMILES string of the molecule is CO[C@@H]1C[C@@H](c2nc(C)c(C)[nH]2)N(C(=O)c2ccncn2)C1. The van der Waals surface area contributed by atoms with Gasteiger partial charge in [-0.25, -0.2) is 15.0 Å². The lowest BCUT2D eigenvalue weighted by Crippen LogP contribution is -2.33. The van der Waals surface area contributed by atoms with E-state index in [9.17, 15) is 4.79 Å². The predicted molar refractivity (Wildman–Crippen MR) is 79.3 cm³/mol. The molecule has 116 valence electrons. The van der Waals surface area contributed by atoms with Crippen LogP contribution in [0.3, 0.4) is 0 Å². The van der Waals surface area contributed by atoms with E-state index >= 15 is 0 Å². The molecule has 0 bridgehead atoms. The topological polar surface area (TPSA) is 84.0 Å². The van der Waals surface area contributed by atoms with E-state index in [0.717, 1.165) is 23.6 Å². The summed E-state index contributed by atoms with van der Waals surface area (Å²) in [6.07, 6.45) is 3.68. The average molecular weight is 301 g/mol. The molecule has 1 saturated heterocycles. The molecule has 2 aromatic rings. The molecule has 1 aliphatic rings. The Kier molecular flexibility index (Phi) is 3.89. The molecule has 0 radical (unpaired) electrons. The second kappa shape index (κ2) is 5.84. The van der Waals surface area contributed by atoms with Crippen LogP contribution < -0.4 is 0 Å². The molecule has 0 aromatic carbocycles. The molecule has 1 fully saturated rings. The monoisotopic (exact) mass is 301 g/mol. The van der Waals surface area contributed by atoms with Crippen LogP contribution in [-0.4, -0.2) is 50.5 Å². The van der Waals surface area contributed by atoms with Gasteiger partial charge in [0.1, 0.15) is 17.8 Å². The maximum absolute atomic E-state index is 12.7. The van der Waals surface area contributed by atoms with Crippen LogP contribution in [0.4, 0.5) is 0 Å². The highest BCUT2D eigenvalue weighted by Crippen LogP contribution is 2.33. The number of imidazole rings is 1. The molecule has 3 rings (SSSR count). The highest BCUT2D eigenvalue weighted by molar-refractivity contribution is 5.92. The third-order valence-electron chi connectivity index (χ3n) is 4.12. The fraction of sp³-hybridized carbons (Fsp3) is 0.467. The van der Waals surface area contributed by atoms with Gasteiger partial charge in [0, 0.05) is 32.0 Å². The molecule has 1 N–H and O–H groups in total. The third kappa shape index (κ3) is 2.59. The number of methoxy groups -OCH3 is 1. The number of rotatable bonds is 3. The van der Waals surface area contributed by atoms with Crippen molar-refractivity contribution >= 4 is 5.91 Å². The van der Waals surface area contributed by atoms with E-state index < -0.39 is 0 Å². The van der Waals surface area contributed by atoms with E-state index in [2.05, 4.69) is 19.9 Å². The number of amides is 1. The van der Waals surface area contributed by atoms with Crippen LogP contribution in [0.2, 0.25) is 0 Å². The fourth-order valence-corrected chi connectivity index (χ4v) is 2.75. The van der Waals surface area contributed by atoms with Crippen molar-refractivity contribution in [1.82, 2.24) is 24.8 Å². The van der Waals surface area contributed by atoms with Gasteiger partial charge < -0.3 is 14.6 Å². The van der Waals surface area contributed by atoms with Crippen LogP contribution in [0.1, 0.15) is 40.2 Å². The second-order valence-corrected chi connectivity index (χ2v) is 5.49. The Hall–Kier alpha value is -2.28. The Labute approximate surface area is 128 Å². The first-order chi connectivity index (χ1) is 10.6. The maximum Gasteiger partial charge on any atom is 0.273 e. The van der Waals surface area contributed by atoms with Crippen molar-refractivity contribution in [2.75, 3.05) is 13.7 Å². The van der Waals surface area contributed by atoms with Gasteiger partial charge in [-0.15, -0.1) is 0 Å². The van der Waals surface area contributed by atoms with E-state index in [1.165, 1.54) is 6.33 Å². The summed E-state index contributed by atoms with van der Waals surface area (Å²) in [5.41, 5.74) is 2.35. The van der Waals surface area contributed by atoms with Crippen LogP contribution in [-0.2, 0) is 4.74 Å². The summed E-state index contributed by atoms with van der Waals surface area (Å²) in [5.74, 6) is 0.676. The number of carbonyl (C=O) groups excluding carboxylic acids is 1. The summed E-state index contributed by atoms with van der Waals surface area (Å²) in [4.78, 5) is 30.2. The number of nitrogens with one attached hydrogen (secondary N) is 1. The van der Waals surface area contributed by atoms with Gasteiger partial charge in [-0.1, -0.05) is 0 Å². The Morgan fingerprint density at radius 2 is 2.27 bits per heavy atom. The zero-order chi connectivity index (χ0) is 15.7. The minimum Gasteiger partial charge on any atom is -0.380 e. The largest absolute Gasteiger partial charge is 0.380 e. The molecular weight excluding hydrogens is 282 g/mol. The number of likely N-dealkylation sites (tertiary alicyclic amines) is 1. The zero-order valence-corrected chi connectivity index (χ0v) is 12.9. The van der Waals surface area contributed by atoms with Crippen molar-refractivity contribution in [3.63, 3.8) is 0 Å². The van der Waals surface area contributed by atoms with Crippen molar-refractivity contribution in [2.24, 2.45) is 0 Å². The summed E-state index contributed by atoms with van der Waals surface area (Å²) in [5, 5.41) is 0. The second-order valence-electron chi connectivity index (χ2n) is 5.49. The summed E-state index contributed by atoms with van der Waals surface area (Å²) in [6.45, 7) is 4.46. The molecule has 3 heterocycles. The molecule has 22 heavy (non-hydrogen) atoms. The number of aryl methyl sites for hydroxylation is 2. The molecule has 0 aliphatic carbocycles. The third-order valence-corrected chi connectivity index (χ3v) is 4.12. The van der Waals surface area contributed by atoms with Gasteiger partial charge in [-0.3, -0.25) is 4.79 Å². The van der Waals surface area contributed by atoms with Crippen LogP contribution in [0.5, 0.6) is 0 Å². The molecule has 0 saturated carbocycles. The molecule has 7 heteroatoms. The van der Waals surface area contributed by atoms with E-state index in [0.29, 0.717) is 12.2 Å². The number of H-pyrrole nitrogens is 1. The molecule has 1 amide bonds. The molecule has 2 aromatic heterocycles. The molecule has 0 unspecified atom stereocenters. The summed E-state index contributed by atoms with van der Waals surface area (Å²) >= 11 is 0. The number of hydrogen-bond donors (Lipinski definition) is 1. The lowest BCUT2D eigenvalue weighted by molar-refractivity contribution is 0.0678. The predicted octanol–water partition coefficient (Wildman–Crippen LogP) is 1.42. The van der Waals surface area contributed by atoms with Crippen molar-refractivity contribution in [3.05, 3.63) is 41.5 Å². The van der Waals surface area contributed by atoms with Crippen LogP contribution in [0.25, 0.3) is 0 Å². The number of aromatic amines is 1. The minimum atomic E-state index is -0.126. The highest BCUT2D eigenvalue weighted by atomic mass is 16.5. The van der Waals surface area contributed by atoms with Gasteiger partial charge in [0.05, 0.1) is 17.8 Å². The Balaban J connectivity index is 1.91. The number of carbonyl (C=O) groups is 1. The highest BCUT2D eigenvalue weighted by Gasteiger charge is 2.38. The molecule has 0 spiro atoms. The maximum atomic E-state index is 12.7. The standard InChI is InChI=1S/C15H19N5O2/c1-9-10(2)19-14(18-9)13-6-11(22-3)7-20(13)15(21)12-4-5-16-8-17-12/h4-5,8,11,13H,6-7H2,1-3H3,(H,18,19)/t11-,13+/m1/s1. The molecular formula is C15H19N5O2. The first-order valence-electron chi connectivity index (χ1n) is 7.23. The van der Waals surface area contributed by atoms with Crippen molar-refractivity contribution < 1.29 is 9.53 Å². The number of ether oxygens (including phenoxy) is 1. The van der Waals surface area contributed by atoms with Gasteiger partial charge in [0.15, 0.2) is 0 Å². The van der Waals surface area contributed by atoms with E-state index in [1.807, 2.05) is 13.8 Å². The van der Waals surface area contributed by atoms with Crippen LogP contribution in [0, 0.1) is 13.8 Å². The smallest absolute Gasteiger partial charge is 0.273 e. The van der Waals surface area contributed by atoms with E-state index in [1.54, 1.807) is 24.3 Å². The van der Waals surface area contributed by atoms with Gasteiger partial charge in [-0.2, -0.15) is 0 Å². The normalized spacial score (nSPS) is 21.3. The molecule has 7 nitrogen and oxygen atoms in total. The minimum absolute atomic E-state index is 0.00139. The Morgan fingerprint density at radius 3 is 2.86 bits per heavy atom. The first kappa shape index (κ1) is 14.6.